The molecule has 2 heterocycles. The van der Waals surface area contributed by atoms with Crippen molar-refractivity contribution in [3.8, 4) is 0 Å². The summed E-state index contributed by atoms with van der Waals surface area (Å²) in [5.74, 6) is -0.104. The molecule has 23 heavy (non-hydrogen) atoms. The SMILES string of the molecule is O=C(Cn1cnnn1)N1CCC(S(=O)(=O)c2ccccc2)CC1. The van der Waals surface area contributed by atoms with Gasteiger partial charge in [0.05, 0.1) is 10.1 Å². The molecule has 122 valence electrons. The molecule has 8 nitrogen and oxygen atoms in total. The molecule has 0 N–H and O–H groups in total. The molecule has 0 atom stereocenters. The van der Waals surface area contributed by atoms with Crippen LogP contribution in [0.4, 0.5) is 0 Å². The van der Waals surface area contributed by atoms with E-state index in [-0.39, 0.29) is 12.5 Å². The fraction of sp³-hybridized carbons (Fsp3) is 0.429. The number of nitrogens with zero attached hydrogens (tertiary/aromatic N) is 5. The number of likely N-dealkylation sites (tertiary alicyclic amines) is 1. The van der Waals surface area contributed by atoms with E-state index >= 15 is 0 Å². The fourth-order valence-electron chi connectivity index (χ4n) is 2.71. The second kappa shape index (κ2) is 6.45. The maximum absolute atomic E-state index is 12.6. The zero-order valence-corrected chi connectivity index (χ0v) is 13.3. The molecule has 0 aliphatic carbocycles. The van der Waals surface area contributed by atoms with Crippen molar-refractivity contribution in [1.29, 1.82) is 0 Å². The number of hydrogen-bond acceptors (Lipinski definition) is 6. The second-order valence-corrected chi connectivity index (χ2v) is 7.67. The third-order valence-electron chi connectivity index (χ3n) is 3.99. The highest BCUT2D eigenvalue weighted by Crippen LogP contribution is 2.24. The summed E-state index contributed by atoms with van der Waals surface area (Å²) in [4.78, 5) is 14.2. The quantitative estimate of drug-likeness (QED) is 0.788. The van der Waals surface area contributed by atoms with Gasteiger partial charge in [-0.05, 0) is 35.4 Å². The van der Waals surface area contributed by atoms with E-state index in [1.54, 1.807) is 35.2 Å². The minimum atomic E-state index is -3.34. The maximum atomic E-state index is 12.6. The Labute approximate surface area is 134 Å². The summed E-state index contributed by atoms with van der Waals surface area (Å²) < 4.78 is 26.5. The van der Waals surface area contributed by atoms with Crippen LogP contribution < -0.4 is 0 Å². The zero-order valence-electron chi connectivity index (χ0n) is 12.4. The van der Waals surface area contributed by atoms with E-state index in [4.69, 9.17) is 0 Å². The van der Waals surface area contributed by atoms with Crippen molar-refractivity contribution >= 4 is 15.7 Å². The fourth-order valence-corrected chi connectivity index (χ4v) is 4.46. The lowest BCUT2D eigenvalue weighted by Gasteiger charge is -2.31. The second-order valence-electron chi connectivity index (χ2n) is 5.45. The van der Waals surface area contributed by atoms with Gasteiger partial charge in [0.1, 0.15) is 12.9 Å². The molecule has 0 bridgehead atoms. The maximum Gasteiger partial charge on any atom is 0.244 e. The number of rotatable bonds is 4. The number of amides is 1. The Hall–Kier alpha value is -2.29. The van der Waals surface area contributed by atoms with Crippen LogP contribution in [0.5, 0.6) is 0 Å². The highest BCUT2D eigenvalue weighted by atomic mass is 32.2. The van der Waals surface area contributed by atoms with E-state index in [2.05, 4.69) is 15.5 Å². The first-order valence-electron chi connectivity index (χ1n) is 7.35. The lowest BCUT2D eigenvalue weighted by molar-refractivity contribution is -0.132. The highest BCUT2D eigenvalue weighted by Gasteiger charge is 2.32. The average Bonchev–Trinajstić information content (AvgIpc) is 3.09. The summed E-state index contributed by atoms with van der Waals surface area (Å²) in [5.41, 5.74) is 0. The van der Waals surface area contributed by atoms with Crippen LogP contribution in [0, 0.1) is 0 Å². The topological polar surface area (TPSA) is 98.1 Å². The first kappa shape index (κ1) is 15.6. The van der Waals surface area contributed by atoms with Crippen molar-refractivity contribution in [1.82, 2.24) is 25.1 Å². The van der Waals surface area contributed by atoms with Crippen molar-refractivity contribution in [2.75, 3.05) is 13.1 Å². The van der Waals surface area contributed by atoms with E-state index in [0.29, 0.717) is 30.8 Å². The van der Waals surface area contributed by atoms with Crippen LogP contribution in [0.3, 0.4) is 0 Å². The van der Waals surface area contributed by atoms with Crippen LogP contribution in [0.2, 0.25) is 0 Å². The molecule has 2 aromatic rings. The summed E-state index contributed by atoms with van der Waals surface area (Å²) in [6.07, 6.45) is 2.27. The predicted molar refractivity (Wildman–Crippen MR) is 81.0 cm³/mol. The van der Waals surface area contributed by atoms with Gasteiger partial charge in [0.2, 0.25) is 5.91 Å². The van der Waals surface area contributed by atoms with Crippen molar-refractivity contribution < 1.29 is 13.2 Å². The smallest absolute Gasteiger partial charge is 0.244 e. The standard InChI is InChI=1S/C14H17N5O3S/c20-14(10-19-11-15-16-17-19)18-8-6-13(7-9-18)23(21,22)12-4-2-1-3-5-12/h1-5,11,13H,6-10H2. The zero-order chi connectivity index (χ0) is 16.3. The Morgan fingerprint density at radius 2 is 1.87 bits per heavy atom. The van der Waals surface area contributed by atoms with Gasteiger partial charge in [-0.2, -0.15) is 0 Å². The number of sulfone groups is 1. The predicted octanol–water partition coefficient (Wildman–Crippen LogP) is 0.138. The summed E-state index contributed by atoms with van der Waals surface area (Å²) in [5, 5.41) is 10.2. The minimum absolute atomic E-state index is 0.0725. The largest absolute Gasteiger partial charge is 0.341 e. The van der Waals surface area contributed by atoms with Crippen LogP contribution in [-0.4, -0.2) is 57.8 Å². The van der Waals surface area contributed by atoms with Crippen molar-refractivity contribution in [3.05, 3.63) is 36.7 Å². The molecule has 9 heteroatoms. The van der Waals surface area contributed by atoms with Gasteiger partial charge in [0.25, 0.3) is 0 Å². The third kappa shape index (κ3) is 3.39. The van der Waals surface area contributed by atoms with E-state index in [1.807, 2.05) is 0 Å². The lowest BCUT2D eigenvalue weighted by Crippen LogP contribution is -2.43. The molecular formula is C14H17N5O3S. The van der Waals surface area contributed by atoms with Crippen LogP contribution in [-0.2, 0) is 21.2 Å². The van der Waals surface area contributed by atoms with Gasteiger partial charge in [-0.1, -0.05) is 18.2 Å². The molecule has 1 aliphatic heterocycles. The summed E-state index contributed by atoms with van der Waals surface area (Å²) >= 11 is 0. The van der Waals surface area contributed by atoms with Gasteiger partial charge in [-0.15, -0.1) is 5.10 Å². The first-order chi connectivity index (χ1) is 11.1. The first-order valence-corrected chi connectivity index (χ1v) is 8.89. The van der Waals surface area contributed by atoms with E-state index in [9.17, 15) is 13.2 Å². The van der Waals surface area contributed by atoms with Gasteiger partial charge in [-0.25, -0.2) is 13.1 Å². The third-order valence-corrected chi connectivity index (χ3v) is 6.27. The molecule has 0 radical (unpaired) electrons. The minimum Gasteiger partial charge on any atom is -0.341 e. The summed E-state index contributed by atoms with van der Waals surface area (Å²) in [6, 6.07) is 8.46. The molecule has 1 aromatic heterocycles. The molecular weight excluding hydrogens is 318 g/mol. The molecule has 0 unspecified atom stereocenters. The monoisotopic (exact) mass is 335 g/mol. The molecule has 0 spiro atoms. The Bertz CT molecular complexity index is 753. The number of carbonyl (C=O) groups excluding carboxylic acids is 1. The van der Waals surface area contributed by atoms with Gasteiger partial charge in [0.15, 0.2) is 9.84 Å². The van der Waals surface area contributed by atoms with E-state index in [0.717, 1.165) is 0 Å². The summed E-state index contributed by atoms with van der Waals surface area (Å²) in [6.45, 7) is 0.929. The normalized spacial score (nSPS) is 16.4. The van der Waals surface area contributed by atoms with Gasteiger partial charge in [0, 0.05) is 13.1 Å². The van der Waals surface area contributed by atoms with Crippen molar-refractivity contribution in [2.24, 2.45) is 0 Å². The molecule has 1 aliphatic rings. The highest BCUT2D eigenvalue weighted by molar-refractivity contribution is 7.92. The summed E-state index contributed by atoms with van der Waals surface area (Å²) in [7, 11) is -3.34. The van der Waals surface area contributed by atoms with Gasteiger partial charge >= 0.3 is 0 Å². The van der Waals surface area contributed by atoms with Gasteiger partial charge in [-0.3, -0.25) is 4.79 Å². The Morgan fingerprint density at radius 3 is 2.48 bits per heavy atom. The average molecular weight is 335 g/mol. The van der Waals surface area contributed by atoms with E-state index in [1.165, 1.54) is 11.0 Å². The molecule has 1 fully saturated rings. The molecule has 1 saturated heterocycles. The Kier molecular flexibility index (Phi) is 4.37. The number of piperidine rings is 1. The van der Waals surface area contributed by atoms with Crippen LogP contribution in [0.25, 0.3) is 0 Å². The molecule has 1 aromatic carbocycles. The molecule has 0 saturated carbocycles. The number of tetrazole rings is 1. The number of benzene rings is 1. The van der Waals surface area contributed by atoms with Crippen molar-refractivity contribution in [2.45, 2.75) is 29.5 Å². The van der Waals surface area contributed by atoms with Crippen LogP contribution >= 0.6 is 0 Å². The van der Waals surface area contributed by atoms with E-state index < -0.39 is 15.1 Å². The molecule has 3 rings (SSSR count). The Balaban J connectivity index is 1.61. The van der Waals surface area contributed by atoms with Crippen LogP contribution in [0.15, 0.2) is 41.6 Å². The molecule has 1 amide bonds. The number of carbonyl (C=O) groups is 1. The van der Waals surface area contributed by atoms with Crippen LogP contribution in [0.1, 0.15) is 12.8 Å². The van der Waals surface area contributed by atoms with Crippen molar-refractivity contribution in [3.63, 3.8) is 0 Å². The lowest BCUT2D eigenvalue weighted by atomic mass is 10.1. The number of hydrogen-bond donors (Lipinski definition) is 0. The number of aromatic nitrogens is 4. The Morgan fingerprint density at radius 1 is 1.17 bits per heavy atom. The van der Waals surface area contributed by atoms with Gasteiger partial charge < -0.3 is 4.90 Å².